The minimum atomic E-state index is -0.492. The predicted octanol–water partition coefficient (Wildman–Crippen LogP) is 4.61. The average molecular weight is 496 g/mol. The van der Waals surface area contributed by atoms with Crippen molar-refractivity contribution in [3.8, 4) is 5.75 Å². The Morgan fingerprint density at radius 3 is 2.40 bits per heavy atom. The van der Waals surface area contributed by atoms with E-state index in [4.69, 9.17) is 4.74 Å². The smallest absolute Gasteiger partial charge is 0.294 e. The molecule has 3 amide bonds. The number of carbonyl (C=O) groups is 3. The zero-order valence-electron chi connectivity index (χ0n) is 19.1. The normalized spacial score (nSPS) is 17.5. The first-order valence-electron chi connectivity index (χ1n) is 11.4. The Morgan fingerprint density at radius 2 is 1.71 bits per heavy atom. The summed E-state index contributed by atoms with van der Waals surface area (Å²) >= 11 is 0.805. The minimum Gasteiger partial charge on any atom is -0.488 e. The highest BCUT2D eigenvalue weighted by Crippen LogP contribution is 2.34. The maximum absolute atomic E-state index is 12.9. The summed E-state index contributed by atoms with van der Waals surface area (Å²) in [6.45, 7) is 1.24. The molecule has 0 aliphatic carbocycles. The van der Waals surface area contributed by atoms with Crippen LogP contribution in [0.15, 0.2) is 53.4 Å². The molecule has 0 spiro atoms. The highest BCUT2D eigenvalue weighted by Gasteiger charge is 2.37. The van der Waals surface area contributed by atoms with Crippen molar-refractivity contribution >= 4 is 40.6 Å². The molecule has 2 aromatic carbocycles. The van der Waals surface area contributed by atoms with Gasteiger partial charge in [0.25, 0.3) is 16.8 Å². The van der Waals surface area contributed by atoms with E-state index in [0.717, 1.165) is 47.9 Å². The molecule has 182 valence electrons. The summed E-state index contributed by atoms with van der Waals surface area (Å²) in [5, 5.41) is 10.4. The summed E-state index contributed by atoms with van der Waals surface area (Å²) in [6.07, 6.45) is 5.63. The number of carbonyl (C=O) groups excluding carboxylic acids is 3. The second-order valence-electron chi connectivity index (χ2n) is 8.31. The van der Waals surface area contributed by atoms with Crippen molar-refractivity contribution in [2.75, 3.05) is 19.6 Å². The Hall–Kier alpha value is -3.66. The number of rotatable bonds is 7. The van der Waals surface area contributed by atoms with E-state index in [9.17, 15) is 24.5 Å². The van der Waals surface area contributed by atoms with Crippen molar-refractivity contribution in [1.82, 2.24) is 9.80 Å². The lowest BCUT2D eigenvalue weighted by Crippen LogP contribution is -2.42. The van der Waals surface area contributed by atoms with Gasteiger partial charge in [-0.3, -0.25) is 29.4 Å². The summed E-state index contributed by atoms with van der Waals surface area (Å²) in [4.78, 5) is 51.5. The van der Waals surface area contributed by atoms with Gasteiger partial charge in [0.2, 0.25) is 5.91 Å². The van der Waals surface area contributed by atoms with Crippen LogP contribution in [0.25, 0.3) is 6.08 Å². The molecule has 9 nitrogen and oxygen atoms in total. The number of hydrogen-bond acceptors (Lipinski definition) is 7. The van der Waals surface area contributed by atoms with Crippen LogP contribution < -0.4 is 4.74 Å². The fourth-order valence-electron chi connectivity index (χ4n) is 3.94. The third-order valence-electron chi connectivity index (χ3n) is 5.87. The third kappa shape index (κ3) is 6.07. The van der Waals surface area contributed by atoms with Crippen LogP contribution in [0.2, 0.25) is 0 Å². The summed E-state index contributed by atoms with van der Waals surface area (Å²) < 4.78 is 5.88. The molecule has 35 heavy (non-hydrogen) atoms. The van der Waals surface area contributed by atoms with Crippen LogP contribution in [-0.2, 0) is 16.2 Å². The van der Waals surface area contributed by atoms with Crippen LogP contribution >= 0.6 is 11.8 Å². The summed E-state index contributed by atoms with van der Waals surface area (Å²) in [6, 6.07) is 13.1. The van der Waals surface area contributed by atoms with Gasteiger partial charge >= 0.3 is 0 Å². The van der Waals surface area contributed by atoms with Gasteiger partial charge in [-0.05, 0) is 54.4 Å². The van der Waals surface area contributed by atoms with Gasteiger partial charge in [0.05, 0.1) is 9.83 Å². The van der Waals surface area contributed by atoms with Crippen molar-refractivity contribution in [2.45, 2.75) is 32.3 Å². The Labute approximate surface area is 206 Å². The van der Waals surface area contributed by atoms with Crippen molar-refractivity contribution in [2.24, 2.45) is 0 Å². The Balaban J connectivity index is 1.43. The van der Waals surface area contributed by atoms with E-state index < -0.39 is 16.1 Å². The molecular weight excluding hydrogens is 470 g/mol. The number of nitro benzene ring substituents is 1. The third-order valence-corrected chi connectivity index (χ3v) is 6.78. The molecule has 0 radical (unpaired) electrons. The Kier molecular flexibility index (Phi) is 7.81. The summed E-state index contributed by atoms with van der Waals surface area (Å²) in [5.74, 6) is -0.200. The number of benzene rings is 2. The number of nitro groups is 1. The van der Waals surface area contributed by atoms with Crippen molar-refractivity contribution in [1.29, 1.82) is 0 Å². The van der Waals surface area contributed by atoms with Crippen LogP contribution in [0.4, 0.5) is 10.5 Å². The zero-order valence-corrected chi connectivity index (χ0v) is 19.9. The molecule has 2 aromatic rings. The monoisotopic (exact) mass is 495 g/mol. The van der Waals surface area contributed by atoms with E-state index in [2.05, 4.69) is 0 Å². The number of likely N-dealkylation sites (tertiary alicyclic amines) is 1. The van der Waals surface area contributed by atoms with E-state index in [1.807, 2.05) is 0 Å². The predicted molar refractivity (Wildman–Crippen MR) is 132 cm³/mol. The second-order valence-corrected chi connectivity index (χ2v) is 9.31. The average Bonchev–Trinajstić information content (AvgIpc) is 3.04. The molecule has 2 aliphatic heterocycles. The van der Waals surface area contributed by atoms with E-state index in [1.54, 1.807) is 47.4 Å². The van der Waals surface area contributed by atoms with Crippen LogP contribution in [-0.4, -0.2) is 51.4 Å². The number of thioether (sulfide) groups is 1. The van der Waals surface area contributed by atoms with Gasteiger partial charge in [0.1, 0.15) is 18.9 Å². The first kappa shape index (κ1) is 24.5. The number of nitrogens with zero attached hydrogens (tertiary/aromatic N) is 3. The fourth-order valence-corrected chi connectivity index (χ4v) is 4.77. The van der Waals surface area contributed by atoms with E-state index in [1.165, 1.54) is 12.1 Å². The topological polar surface area (TPSA) is 110 Å². The Bertz CT molecular complexity index is 1160. The Morgan fingerprint density at radius 1 is 1.03 bits per heavy atom. The van der Waals surface area contributed by atoms with Gasteiger partial charge < -0.3 is 9.64 Å². The number of non-ortho nitro benzene ring substituents is 1. The van der Waals surface area contributed by atoms with E-state index >= 15 is 0 Å². The maximum Gasteiger partial charge on any atom is 0.294 e. The van der Waals surface area contributed by atoms with Gasteiger partial charge in [-0.25, -0.2) is 0 Å². The van der Waals surface area contributed by atoms with Crippen molar-refractivity contribution in [3.63, 3.8) is 0 Å². The van der Waals surface area contributed by atoms with Gasteiger partial charge in [0.15, 0.2) is 0 Å². The van der Waals surface area contributed by atoms with Gasteiger partial charge in [-0.15, -0.1) is 0 Å². The van der Waals surface area contributed by atoms with E-state index in [0.29, 0.717) is 24.4 Å². The largest absolute Gasteiger partial charge is 0.488 e. The van der Waals surface area contributed by atoms with Crippen molar-refractivity contribution in [3.05, 3.63) is 74.7 Å². The molecule has 2 aliphatic rings. The molecule has 0 aromatic heterocycles. The molecule has 2 fully saturated rings. The molecular formula is C25H25N3O6S. The number of imide groups is 1. The van der Waals surface area contributed by atoms with Crippen LogP contribution in [0.3, 0.4) is 0 Å². The minimum absolute atomic E-state index is 0.000741. The molecule has 2 saturated heterocycles. The van der Waals surface area contributed by atoms with Crippen molar-refractivity contribution < 1.29 is 24.0 Å². The lowest BCUT2D eigenvalue weighted by Gasteiger charge is -2.22. The molecule has 0 N–H and O–H groups in total. The fraction of sp³-hybridized carbons (Fsp3) is 0.320. The maximum atomic E-state index is 12.9. The highest BCUT2D eigenvalue weighted by atomic mass is 32.2. The molecule has 0 unspecified atom stereocenters. The summed E-state index contributed by atoms with van der Waals surface area (Å²) in [7, 11) is 0. The molecule has 0 atom stereocenters. The number of hydrogen-bond donors (Lipinski definition) is 0. The first-order valence-corrected chi connectivity index (χ1v) is 12.2. The zero-order chi connectivity index (χ0) is 24.8. The number of amides is 3. The highest BCUT2D eigenvalue weighted by molar-refractivity contribution is 8.18. The van der Waals surface area contributed by atoms with Gasteiger partial charge in [0, 0.05) is 30.8 Å². The number of ether oxygens (including phenoxy) is 1. The van der Waals surface area contributed by atoms with Crippen LogP contribution in [0.1, 0.15) is 36.8 Å². The standard InChI is InChI=1S/C25H25N3O6S/c29-23(26-13-5-1-2-6-14-26)16-27-24(30)22(35-25(27)31)15-19-7-3-4-8-21(19)34-17-18-9-11-20(12-10-18)28(32)33/h3-4,7-12,15H,1-2,5-6,13-14,16-17H2. The quantitative estimate of drug-likeness (QED) is 0.313. The SMILES string of the molecule is O=C(CN1C(=O)SC(=Cc2ccccc2OCc2ccc([N+](=O)[O-])cc2)C1=O)N1CCCCCC1. The lowest BCUT2D eigenvalue weighted by atomic mass is 10.1. The van der Waals surface area contributed by atoms with Crippen LogP contribution in [0.5, 0.6) is 5.75 Å². The molecule has 0 saturated carbocycles. The molecule has 2 heterocycles. The number of para-hydroxylation sites is 1. The van der Waals surface area contributed by atoms with E-state index in [-0.39, 0.29) is 29.7 Å². The van der Waals surface area contributed by atoms with Gasteiger partial charge in [-0.1, -0.05) is 31.0 Å². The lowest BCUT2D eigenvalue weighted by molar-refractivity contribution is -0.384. The van der Waals surface area contributed by atoms with Crippen LogP contribution in [0, 0.1) is 10.1 Å². The second kappa shape index (κ2) is 11.2. The molecule has 0 bridgehead atoms. The van der Waals surface area contributed by atoms with Gasteiger partial charge in [-0.2, -0.15) is 0 Å². The molecule has 10 heteroatoms. The summed E-state index contributed by atoms with van der Waals surface area (Å²) in [5.41, 5.74) is 1.36. The molecule has 4 rings (SSSR count). The first-order chi connectivity index (χ1) is 16.9.